The van der Waals surface area contributed by atoms with Gasteiger partial charge in [0.05, 0.1) is 40.3 Å². The van der Waals surface area contributed by atoms with Gasteiger partial charge in [-0.2, -0.15) is 0 Å². The molecular formula is C31H59NO7. The molecule has 39 heavy (non-hydrogen) atoms. The van der Waals surface area contributed by atoms with E-state index in [1.165, 1.54) is 57.8 Å². The third kappa shape index (κ3) is 22.8. The van der Waals surface area contributed by atoms with Crippen LogP contribution in [0.2, 0.25) is 0 Å². The monoisotopic (exact) mass is 557 g/mol. The normalized spacial score (nSPS) is 13.2. The molecule has 0 aliphatic rings. The maximum atomic E-state index is 12.4. The van der Waals surface area contributed by atoms with E-state index < -0.39 is 18.1 Å². The van der Waals surface area contributed by atoms with Gasteiger partial charge in [-0.05, 0) is 12.8 Å². The number of carbonyl (C=O) groups excluding carboxylic acids is 3. The highest BCUT2D eigenvalue weighted by atomic mass is 16.6. The number of carboxylic acids is 1. The van der Waals surface area contributed by atoms with Crippen molar-refractivity contribution < 1.29 is 38.2 Å². The molecule has 0 aromatic heterocycles. The summed E-state index contributed by atoms with van der Waals surface area (Å²) in [5, 5.41) is 11.5. The largest absolute Gasteiger partial charge is 0.544 e. The van der Waals surface area contributed by atoms with Crippen LogP contribution in [0.4, 0.5) is 0 Å². The molecule has 0 amide bonds. The third-order valence-electron chi connectivity index (χ3n) is 6.99. The van der Waals surface area contributed by atoms with E-state index in [1.807, 2.05) is 0 Å². The van der Waals surface area contributed by atoms with E-state index in [0.29, 0.717) is 12.8 Å². The highest BCUT2D eigenvalue weighted by molar-refractivity contribution is 5.70. The first-order chi connectivity index (χ1) is 18.6. The zero-order chi connectivity index (χ0) is 29.4. The van der Waals surface area contributed by atoms with Gasteiger partial charge in [0.15, 0.2) is 6.10 Å². The Hall–Kier alpha value is -1.67. The van der Waals surface area contributed by atoms with Gasteiger partial charge in [-0.25, -0.2) is 0 Å². The Balaban J connectivity index is 4.52. The summed E-state index contributed by atoms with van der Waals surface area (Å²) in [7, 11) is 5.38. The van der Waals surface area contributed by atoms with E-state index in [1.54, 1.807) is 21.1 Å². The second-order valence-electron chi connectivity index (χ2n) is 11.7. The molecule has 0 aliphatic carbocycles. The molecule has 0 heterocycles. The Morgan fingerprint density at radius 3 is 1.59 bits per heavy atom. The minimum absolute atomic E-state index is 0.0464. The fourth-order valence-corrected chi connectivity index (χ4v) is 4.48. The van der Waals surface area contributed by atoms with E-state index in [2.05, 4.69) is 13.8 Å². The number of aliphatic carboxylic acids is 1. The molecule has 2 unspecified atom stereocenters. The molecule has 0 N–H and O–H groups in total. The molecule has 230 valence electrons. The zero-order valence-corrected chi connectivity index (χ0v) is 25.8. The van der Waals surface area contributed by atoms with Gasteiger partial charge in [0.25, 0.3) is 0 Å². The van der Waals surface area contributed by atoms with E-state index in [0.717, 1.165) is 38.5 Å². The van der Waals surface area contributed by atoms with Crippen LogP contribution in [0.3, 0.4) is 0 Å². The van der Waals surface area contributed by atoms with Crippen LogP contribution < -0.4 is 5.11 Å². The Bertz CT molecular complexity index is 633. The molecule has 0 saturated carbocycles. The van der Waals surface area contributed by atoms with Crippen molar-refractivity contribution in [2.45, 2.75) is 142 Å². The summed E-state index contributed by atoms with van der Waals surface area (Å²) in [6, 6.07) is -0.715. The summed E-state index contributed by atoms with van der Waals surface area (Å²) >= 11 is 0. The van der Waals surface area contributed by atoms with Crippen LogP contribution >= 0.6 is 0 Å². The highest BCUT2D eigenvalue weighted by Gasteiger charge is 2.25. The van der Waals surface area contributed by atoms with Crippen LogP contribution in [0.1, 0.15) is 129 Å². The maximum absolute atomic E-state index is 12.4. The first-order valence-electron chi connectivity index (χ1n) is 15.6. The summed E-state index contributed by atoms with van der Waals surface area (Å²) in [5.41, 5.74) is 0. The minimum atomic E-state index is -1.13. The fourth-order valence-electron chi connectivity index (χ4n) is 4.48. The van der Waals surface area contributed by atoms with Crippen molar-refractivity contribution in [1.29, 1.82) is 0 Å². The highest BCUT2D eigenvalue weighted by Crippen LogP contribution is 2.12. The Labute approximate surface area is 238 Å². The first-order valence-corrected chi connectivity index (χ1v) is 15.6. The topological polar surface area (TPSA) is 102 Å². The van der Waals surface area contributed by atoms with Gasteiger partial charge in [0, 0.05) is 19.3 Å². The van der Waals surface area contributed by atoms with Gasteiger partial charge in [-0.3, -0.25) is 9.59 Å². The van der Waals surface area contributed by atoms with Crippen molar-refractivity contribution in [3.63, 3.8) is 0 Å². The van der Waals surface area contributed by atoms with Crippen LogP contribution in [0.15, 0.2) is 0 Å². The standard InChI is InChI=1S/C31H59NO7/c1-6-8-10-12-14-16-18-20-22-30(34)39-27(25-37-24-23-28(31(35)36)32(3,4)5)26-38-29(33)21-19-17-15-13-11-9-7-2/h27-28H,6-26H2,1-5H3. The molecule has 0 saturated heterocycles. The lowest BCUT2D eigenvalue weighted by Crippen LogP contribution is -2.55. The van der Waals surface area contributed by atoms with Crippen molar-refractivity contribution in [3.8, 4) is 0 Å². The SMILES string of the molecule is CCCCCCCCCCC(=O)OC(COCCC(C(=O)[O-])[N+](C)(C)C)COC(=O)CCCCCCCCC. The number of esters is 2. The summed E-state index contributed by atoms with van der Waals surface area (Å²) < 4.78 is 16.9. The Morgan fingerprint density at radius 2 is 1.13 bits per heavy atom. The van der Waals surface area contributed by atoms with Crippen molar-refractivity contribution in [3.05, 3.63) is 0 Å². The Kier molecular flexibility index (Phi) is 23.1. The fraction of sp³-hybridized carbons (Fsp3) is 0.903. The van der Waals surface area contributed by atoms with Crippen molar-refractivity contribution in [2.75, 3.05) is 41.0 Å². The van der Waals surface area contributed by atoms with Crippen LogP contribution in [0, 0.1) is 0 Å². The number of carbonyl (C=O) groups is 3. The van der Waals surface area contributed by atoms with Crippen LogP contribution in [0.5, 0.6) is 0 Å². The summed E-state index contributed by atoms with van der Waals surface area (Å²) in [6.07, 6.45) is 17.2. The lowest BCUT2D eigenvalue weighted by molar-refractivity contribution is -0.889. The average molecular weight is 558 g/mol. The molecule has 0 aromatic rings. The van der Waals surface area contributed by atoms with Gasteiger partial charge >= 0.3 is 11.9 Å². The maximum Gasteiger partial charge on any atom is 0.306 e. The summed E-state index contributed by atoms with van der Waals surface area (Å²) in [5.74, 6) is -1.75. The van der Waals surface area contributed by atoms with Crippen LogP contribution in [-0.4, -0.2) is 75.5 Å². The van der Waals surface area contributed by atoms with Gasteiger partial charge < -0.3 is 28.6 Å². The molecular weight excluding hydrogens is 498 g/mol. The van der Waals surface area contributed by atoms with E-state index in [-0.39, 0.29) is 42.7 Å². The number of likely N-dealkylation sites (N-methyl/N-ethyl adjacent to an activating group) is 1. The molecule has 0 rings (SSSR count). The molecule has 0 aromatic carbocycles. The van der Waals surface area contributed by atoms with Gasteiger partial charge in [-0.1, -0.05) is 97.3 Å². The predicted molar refractivity (Wildman–Crippen MR) is 153 cm³/mol. The molecule has 2 atom stereocenters. The van der Waals surface area contributed by atoms with Crippen LogP contribution in [0.25, 0.3) is 0 Å². The lowest BCUT2D eigenvalue weighted by Gasteiger charge is -2.34. The van der Waals surface area contributed by atoms with Gasteiger partial charge in [0.1, 0.15) is 12.6 Å². The number of quaternary nitrogens is 1. The number of hydrogen-bond donors (Lipinski definition) is 0. The molecule has 0 bridgehead atoms. The minimum Gasteiger partial charge on any atom is -0.544 e. The lowest BCUT2D eigenvalue weighted by atomic mass is 10.1. The van der Waals surface area contributed by atoms with Crippen LogP contribution in [-0.2, 0) is 28.6 Å². The summed E-state index contributed by atoms with van der Waals surface area (Å²) in [6.45, 7) is 4.56. The van der Waals surface area contributed by atoms with Gasteiger partial charge in [0.2, 0.25) is 0 Å². The number of unbranched alkanes of at least 4 members (excludes halogenated alkanes) is 13. The average Bonchev–Trinajstić information content (AvgIpc) is 2.86. The molecule has 8 nitrogen and oxygen atoms in total. The molecule has 0 spiro atoms. The van der Waals surface area contributed by atoms with Crippen molar-refractivity contribution >= 4 is 17.9 Å². The molecule has 0 radical (unpaired) electrons. The third-order valence-corrected chi connectivity index (χ3v) is 6.99. The number of nitrogens with zero attached hydrogens (tertiary/aromatic N) is 1. The van der Waals surface area contributed by atoms with E-state index in [9.17, 15) is 19.5 Å². The van der Waals surface area contributed by atoms with Crippen molar-refractivity contribution in [1.82, 2.24) is 0 Å². The van der Waals surface area contributed by atoms with E-state index >= 15 is 0 Å². The quantitative estimate of drug-likeness (QED) is 0.0763. The smallest absolute Gasteiger partial charge is 0.306 e. The molecule has 8 heteroatoms. The van der Waals surface area contributed by atoms with Gasteiger partial charge in [-0.15, -0.1) is 0 Å². The number of ether oxygens (including phenoxy) is 3. The second-order valence-corrected chi connectivity index (χ2v) is 11.7. The number of rotatable bonds is 27. The number of hydrogen-bond acceptors (Lipinski definition) is 7. The van der Waals surface area contributed by atoms with E-state index in [4.69, 9.17) is 14.2 Å². The second kappa shape index (κ2) is 24.2. The first kappa shape index (κ1) is 37.3. The molecule has 0 aliphatic heterocycles. The van der Waals surface area contributed by atoms with Crippen molar-refractivity contribution in [2.24, 2.45) is 0 Å². The predicted octanol–water partition coefficient (Wildman–Crippen LogP) is 5.34. The summed E-state index contributed by atoms with van der Waals surface area (Å²) in [4.78, 5) is 36.2. The number of carboxylic acid groups (broad SMARTS) is 1. The zero-order valence-electron chi connectivity index (χ0n) is 25.8. The molecule has 0 fully saturated rings. The Morgan fingerprint density at radius 1 is 0.667 bits per heavy atom.